The van der Waals surface area contributed by atoms with Crippen LogP contribution in [0.3, 0.4) is 0 Å². The molecule has 0 saturated carbocycles. The van der Waals surface area contributed by atoms with Gasteiger partial charge in [-0.25, -0.2) is 0 Å². The smallest absolute Gasteiger partial charge is 0.305 e. The summed E-state index contributed by atoms with van der Waals surface area (Å²) in [5, 5.41) is 12.3. The summed E-state index contributed by atoms with van der Waals surface area (Å²) in [6, 6.07) is 7.13. The summed E-state index contributed by atoms with van der Waals surface area (Å²) in [4.78, 5) is 37.6. The van der Waals surface area contributed by atoms with E-state index in [4.69, 9.17) is 9.47 Å². The Morgan fingerprint density at radius 3 is 2.68 bits per heavy atom. The highest BCUT2D eigenvalue weighted by atomic mass is 16.7. The highest BCUT2D eigenvalue weighted by Crippen LogP contribution is 2.35. The lowest BCUT2D eigenvalue weighted by Gasteiger charge is -2.24. The molecule has 2 N–H and O–H groups in total. The van der Waals surface area contributed by atoms with Gasteiger partial charge in [-0.05, 0) is 36.6 Å². The molecule has 0 saturated heterocycles. The van der Waals surface area contributed by atoms with Gasteiger partial charge >= 0.3 is 5.97 Å². The third kappa shape index (κ3) is 5.25. The normalized spacial score (nSPS) is 14.1. The lowest BCUT2D eigenvalue weighted by molar-refractivity contribution is -0.138. The lowest BCUT2D eigenvalue weighted by Crippen LogP contribution is -2.40. The highest BCUT2D eigenvalue weighted by molar-refractivity contribution is 5.81. The molecule has 2 aromatic rings. The number of benzene rings is 1. The van der Waals surface area contributed by atoms with Gasteiger partial charge < -0.3 is 24.5 Å². The Balaban J connectivity index is 1.90. The molecule has 0 aliphatic carbocycles. The van der Waals surface area contributed by atoms with Gasteiger partial charge in [0.05, 0.1) is 12.5 Å². The first kappa shape index (κ1) is 22.4. The number of amides is 1. The van der Waals surface area contributed by atoms with Crippen molar-refractivity contribution in [1.82, 2.24) is 9.88 Å². The number of carbonyl (C=O) groups is 2. The number of hydrogen-bond acceptors (Lipinski definition) is 5. The maximum atomic E-state index is 13.3. The van der Waals surface area contributed by atoms with Gasteiger partial charge in [-0.3, -0.25) is 14.4 Å². The van der Waals surface area contributed by atoms with Crippen LogP contribution in [-0.2, 0) is 16.0 Å². The molecule has 2 unspecified atom stereocenters. The second-order valence-electron chi connectivity index (χ2n) is 7.53. The molecule has 3 rings (SSSR count). The average molecular weight is 428 g/mol. The number of ether oxygens (including phenoxy) is 2. The number of fused-ring (bicyclic) bond motifs is 1. The summed E-state index contributed by atoms with van der Waals surface area (Å²) in [5.74, 6) is -0.338. The van der Waals surface area contributed by atoms with Crippen LogP contribution in [0.2, 0.25) is 0 Å². The van der Waals surface area contributed by atoms with E-state index in [0.717, 1.165) is 12.8 Å². The van der Waals surface area contributed by atoms with Crippen LogP contribution in [0, 0.1) is 0 Å². The van der Waals surface area contributed by atoms with E-state index in [1.54, 1.807) is 36.5 Å². The maximum Gasteiger partial charge on any atom is 0.305 e. The predicted molar refractivity (Wildman–Crippen MR) is 114 cm³/mol. The van der Waals surface area contributed by atoms with E-state index in [-0.39, 0.29) is 24.7 Å². The summed E-state index contributed by atoms with van der Waals surface area (Å²) in [6.45, 7) is 4.01. The van der Waals surface area contributed by atoms with Crippen LogP contribution < -0.4 is 20.3 Å². The topological polar surface area (TPSA) is 107 Å². The summed E-state index contributed by atoms with van der Waals surface area (Å²) < 4.78 is 12.1. The molecule has 166 valence electrons. The van der Waals surface area contributed by atoms with Gasteiger partial charge in [-0.15, -0.1) is 0 Å². The molecule has 0 fully saturated rings. The van der Waals surface area contributed by atoms with Gasteiger partial charge in [-0.1, -0.05) is 38.8 Å². The minimum atomic E-state index is -1.04. The number of carbonyl (C=O) groups excluding carboxylic acids is 1. The van der Waals surface area contributed by atoms with Gasteiger partial charge in [0.2, 0.25) is 12.7 Å². The zero-order valence-corrected chi connectivity index (χ0v) is 17.8. The fraction of sp³-hybridized carbons (Fsp3) is 0.435. The van der Waals surface area contributed by atoms with Gasteiger partial charge in [-0.2, -0.15) is 0 Å². The number of rotatable bonds is 10. The predicted octanol–water partition coefficient (Wildman–Crippen LogP) is 3.20. The van der Waals surface area contributed by atoms with Gasteiger partial charge in [0.25, 0.3) is 5.56 Å². The van der Waals surface area contributed by atoms with Crippen molar-refractivity contribution in [2.45, 2.75) is 58.0 Å². The molecule has 1 amide bonds. The van der Waals surface area contributed by atoms with Gasteiger partial charge in [0.1, 0.15) is 6.04 Å². The monoisotopic (exact) mass is 428 g/mol. The van der Waals surface area contributed by atoms with Crippen molar-refractivity contribution in [2.75, 3.05) is 6.79 Å². The molecule has 31 heavy (non-hydrogen) atoms. The van der Waals surface area contributed by atoms with Gasteiger partial charge in [0.15, 0.2) is 11.5 Å². The second kappa shape index (κ2) is 10.1. The van der Waals surface area contributed by atoms with Crippen molar-refractivity contribution >= 4 is 11.9 Å². The van der Waals surface area contributed by atoms with Crippen molar-refractivity contribution in [2.24, 2.45) is 0 Å². The van der Waals surface area contributed by atoms with Crippen LogP contribution in [-0.4, -0.2) is 28.3 Å². The highest BCUT2D eigenvalue weighted by Gasteiger charge is 2.27. The first-order chi connectivity index (χ1) is 14.9. The van der Waals surface area contributed by atoms with E-state index in [9.17, 15) is 19.5 Å². The average Bonchev–Trinajstić information content (AvgIpc) is 3.22. The number of carboxylic acids is 1. The Labute approximate surface area is 180 Å². The number of nitrogens with one attached hydrogen (secondary N) is 1. The molecule has 8 heteroatoms. The number of unbranched alkanes of at least 4 members (excludes halogenated alkanes) is 1. The number of carboxylic acid groups (broad SMARTS) is 1. The fourth-order valence-corrected chi connectivity index (χ4v) is 3.69. The van der Waals surface area contributed by atoms with E-state index in [1.165, 1.54) is 4.57 Å². The number of hydrogen-bond donors (Lipinski definition) is 2. The summed E-state index contributed by atoms with van der Waals surface area (Å²) >= 11 is 0. The molecule has 0 bridgehead atoms. The van der Waals surface area contributed by atoms with Crippen molar-refractivity contribution in [3.63, 3.8) is 0 Å². The first-order valence-electron chi connectivity index (χ1n) is 10.6. The first-order valence-corrected chi connectivity index (χ1v) is 10.6. The Kier molecular flexibility index (Phi) is 7.33. The van der Waals surface area contributed by atoms with E-state index in [1.807, 2.05) is 13.8 Å². The second-order valence-corrected chi connectivity index (χ2v) is 7.53. The number of aliphatic carboxylic acids is 1. The van der Waals surface area contributed by atoms with Crippen LogP contribution in [0.4, 0.5) is 0 Å². The van der Waals surface area contributed by atoms with Crippen molar-refractivity contribution in [3.05, 3.63) is 58.0 Å². The Morgan fingerprint density at radius 1 is 1.19 bits per heavy atom. The Bertz CT molecular complexity index is 1000. The molecule has 2 heterocycles. The zero-order chi connectivity index (χ0) is 22.4. The van der Waals surface area contributed by atoms with E-state index < -0.39 is 18.1 Å². The Morgan fingerprint density at radius 2 is 1.97 bits per heavy atom. The standard InChI is InChI=1S/C23H28N2O6/c1-3-5-8-18(25-11-6-7-15(4-2)23(25)29)22(28)24-17(13-21(26)27)16-9-10-19-20(12-16)31-14-30-19/h6-7,9-12,17-18H,3-5,8,13-14H2,1-2H3,(H,24,28)(H,26,27). The molecular formula is C23H28N2O6. The van der Waals surface area contributed by atoms with Crippen LogP contribution in [0.1, 0.15) is 62.7 Å². The number of nitrogens with zero attached hydrogens (tertiary/aromatic N) is 1. The van der Waals surface area contributed by atoms with Crippen LogP contribution in [0.25, 0.3) is 0 Å². The Hall–Kier alpha value is -3.29. The van der Waals surface area contributed by atoms with Crippen molar-refractivity contribution in [1.29, 1.82) is 0 Å². The lowest BCUT2D eigenvalue weighted by atomic mass is 10.0. The molecule has 1 aliphatic heterocycles. The molecular weight excluding hydrogens is 400 g/mol. The van der Waals surface area contributed by atoms with E-state index in [0.29, 0.717) is 35.5 Å². The van der Waals surface area contributed by atoms with Crippen LogP contribution >= 0.6 is 0 Å². The largest absolute Gasteiger partial charge is 0.481 e. The number of aromatic nitrogens is 1. The molecule has 8 nitrogen and oxygen atoms in total. The SMILES string of the molecule is CCCCC(C(=O)NC(CC(=O)O)c1ccc2c(c1)OCO2)n1cccc(CC)c1=O. The quantitative estimate of drug-likeness (QED) is 0.602. The molecule has 0 spiro atoms. The maximum absolute atomic E-state index is 13.3. The summed E-state index contributed by atoms with van der Waals surface area (Å²) in [7, 11) is 0. The molecule has 1 aromatic carbocycles. The summed E-state index contributed by atoms with van der Waals surface area (Å²) in [6.07, 6.45) is 4.00. The number of aryl methyl sites for hydroxylation is 1. The molecule has 2 atom stereocenters. The van der Waals surface area contributed by atoms with Crippen molar-refractivity contribution in [3.8, 4) is 11.5 Å². The molecule has 1 aliphatic rings. The third-order valence-electron chi connectivity index (χ3n) is 5.40. The minimum Gasteiger partial charge on any atom is -0.481 e. The number of pyridine rings is 1. The molecule has 1 aromatic heterocycles. The van der Waals surface area contributed by atoms with Crippen LogP contribution in [0.15, 0.2) is 41.3 Å². The van der Waals surface area contributed by atoms with E-state index >= 15 is 0 Å². The van der Waals surface area contributed by atoms with Crippen LogP contribution in [0.5, 0.6) is 11.5 Å². The third-order valence-corrected chi connectivity index (χ3v) is 5.40. The van der Waals surface area contributed by atoms with Crippen molar-refractivity contribution < 1.29 is 24.2 Å². The summed E-state index contributed by atoms with van der Waals surface area (Å²) in [5.41, 5.74) is 1.04. The zero-order valence-electron chi connectivity index (χ0n) is 17.8. The minimum absolute atomic E-state index is 0.102. The fourth-order valence-electron chi connectivity index (χ4n) is 3.69. The molecule has 0 radical (unpaired) electrons. The van der Waals surface area contributed by atoms with E-state index in [2.05, 4.69) is 5.32 Å². The van der Waals surface area contributed by atoms with Gasteiger partial charge in [0, 0.05) is 11.8 Å².